The molecular formula is C25H29F3N4O2. The van der Waals surface area contributed by atoms with Crippen LogP contribution in [0.5, 0.6) is 5.75 Å². The Hall–Kier alpha value is -2.91. The molecule has 0 radical (unpaired) electrons. The smallest absolute Gasteiger partial charge is 0.433 e. The van der Waals surface area contributed by atoms with Crippen LogP contribution in [0.2, 0.25) is 0 Å². The Morgan fingerprint density at radius 1 is 1.12 bits per heavy atom. The van der Waals surface area contributed by atoms with E-state index in [2.05, 4.69) is 19.8 Å². The molecule has 1 fully saturated rings. The Balaban J connectivity index is 1.28. The molecule has 3 aromatic rings. The van der Waals surface area contributed by atoms with Crippen LogP contribution in [-0.4, -0.2) is 65.9 Å². The highest BCUT2D eigenvalue weighted by Gasteiger charge is 2.33. The van der Waals surface area contributed by atoms with Crippen LogP contribution in [0.25, 0.3) is 10.9 Å². The molecule has 3 heterocycles. The summed E-state index contributed by atoms with van der Waals surface area (Å²) in [4.78, 5) is 12.5. The van der Waals surface area contributed by atoms with Crippen molar-refractivity contribution in [3.8, 4) is 5.75 Å². The van der Waals surface area contributed by atoms with E-state index in [4.69, 9.17) is 4.74 Å². The molecule has 0 amide bonds. The number of rotatable bonds is 8. The third-order valence-electron chi connectivity index (χ3n) is 6.08. The first kappa shape index (κ1) is 24.2. The van der Waals surface area contributed by atoms with E-state index in [0.29, 0.717) is 29.2 Å². The summed E-state index contributed by atoms with van der Waals surface area (Å²) < 4.78 is 44.6. The number of pyridine rings is 2. The van der Waals surface area contributed by atoms with Gasteiger partial charge in [0, 0.05) is 37.8 Å². The molecule has 0 bridgehead atoms. The first-order valence-corrected chi connectivity index (χ1v) is 11.4. The van der Waals surface area contributed by atoms with Gasteiger partial charge in [-0.2, -0.15) is 13.2 Å². The molecule has 1 aliphatic rings. The maximum absolute atomic E-state index is 13.0. The lowest BCUT2D eigenvalue weighted by Gasteiger charge is -2.35. The van der Waals surface area contributed by atoms with Crippen LogP contribution in [0, 0.1) is 5.92 Å². The summed E-state index contributed by atoms with van der Waals surface area (Å²) in [5.74, 6) is 1.89. The van der Waals surface area contributed by atoms with Gasteiger partial charge in [-0.1, -0.05) is 18.2 Å². The number of anilines is 1. The first-order valence-electron chi connectivity index (χ1n) is 11.4. The van der Waals surface area contributed by atoms with Crippen LogP contribution in [0.3, 0.4) is 0 Å². The van der Waals surface area contributed by atoms with E-state index >= 15 is 0 Å². The van der Waals surface area contributed by atoms with E-state index in [1.807, 2.05) is 37.4 Å². The summed E-state index contributed by atoms with van der Waals surface area (Å²) >= 11 is 0. The number of piperidine rings is 1. The zero-order chi connectivity index (χ0) is 24.1. The minimum absolute atomic E-state index is 0.240. The number of aromatic nitrogens is 2. The maximum atomic E-state index is 13.0. The summed E-state index contributed by atoms with van der Waals surface area (Å²) in [6.45, 7) is 3.15. The first-order chi connectivity index (χ1) is 16.3. The van der Waals surface area contributed by atoms with Crippen LogP contribution in [0.4, 0.5) is 19.0 Å². The summed E-state index contributed by atoms with van der Waals surface area (Å²) in [6, 6.07) is 13.4. The molecule has 34 heavy (non-hydrogen) atoms. The van der Waals surface area contributed by atoms with Gasteiger partial charge in [0.1, 0.15) is 30.0 Å². The molecule has 1 aromatic carbocycles. The second-order valence-electron chi connectivity index (χ2n) is 8.83. The largest absolute Gasteiger partial charge is 0.491 e. The molecule has 6 nitrogen and oxygen atoms in total. The zero-order valence-electron chi connectivity index (χ0n) is 19.1. The van der Waals surface area contributed by atoms with E-state index < -0.39 is 18.0 Å². The van der Waals surface area contributed by atoms with Crippen molar-refractivity contribution in [3.63, 3.8) is 0 Å². The molecular weight excluding hydrogens is 445 g/mol. The predicted molar refractivity (Wildman–Crippen MR) is 125 cm³/mol. The van der Waals surface area contributed by atoms with Crippen molar-refractivity contribution in [2.75, 3.05) is 44.7 Å². The Bertz CT molecular complexity index is 1070. The molecule has 1 unspecified atom stereocenters. The highest BCUT2D eigenvalue weighted by atomic mass is 19.4. The van der Waals surface area contributed by atoms with E-state index in [0.717, 1.165) is 44.3 Å². The van der Waals surface area contributed by atoms with Crippen LogP contribution >= 0.6 is 0 Å². The predicted octanol–water partition coefficient (Wildman–Crippen LogP) is 4.24. The number of aliphatic hydroxyl groups is 1. The van der Waals surface area contributed by atoms with Crippen molar-refractivity contribution < 1.29 is 23.0 Å². The zero-order valence-corrected chi connectivity index (χ0v) is 19.1. The molecule has 2 aromatic heterocycles. The van der Waals surface area contributed by atoms with Gasteiger partial charge in [-0.05, 0) is 56.1 Å². The number of para-hydroxylation sites is 1. The monoisotopic (exact) mass is 474 g/mol. The van der Waals surface area contributed by atoms with Crippen LogP contribution in [-0.2, 0) is 6.18 Å². The Kier molecular flexibility index (Phi) is 7.53. The Labute approximate surface area is 197 Å². The summed E-state index contributed by atoms with van der Waals surface area (Å²) in [5.41, 5.74) is -0.594. The molecule has 4 rings (SSSR count). The minimum Gasteiger partial charge on any atom is -0.491 e. The van der Waals surface area contributed by atoms with Crippen molar-refractivity contribution in [2.45, 2.75) is 25.1 Å². The number of likely N-dealkylation sites (N-methyl/N-ethyl adjacent to an activating group) is 1. The molecule has 1 N–H and O–H groups in total. The molecule has 0 spiro atoms. The molecule has 9 heteroatoms. The number of aliphatic hydroxyl groups excluding tert-OH is 1. The lowest BCUT2D eigenvalue weighted by atomic mass is 9.96. The fourth-order valence-corrected chi connectivity index (χ4v) is 4.41. The highest BCUT2D eigenvalue weighted by Crippen LogP contribution is 2.32. The van der Waals surface area contributed by atoms with E-state index in [-0.39, 0.29) is 6.61 Å². The second-order valence-corrected chi connectivity index (χ2v) is 8.83. The highest BCUT2D eigenvalue weighted by molar-refractivity contribution is 5.89. The maximum Gasteiger partial charge on any atom is 0.433 e. The molecule has 1 saturated heterocycles. The molecule has 0 aliphatic carbocycles. The fourth-order valence-electron chi connectivity index (χ4n) is 4.41. The molecule has 0 saturated carbocycles. The average Bonchev–Trinajstić information content (AvgIpc) is 2.82. The minimum atomic E-state index is -4.47. The van der Waals surface area contributed by atoms with Crippen molar-refractivity contribution in [3.05, 3.63) is 60.4 Å². The van der Waals surface area contributed by atoms with Crippen LogP contribution in [0.1, 0.15) is 18.5 Å². The van der Waals surface area contributed by atoms with E-state index in [1.54, 1.807) is 0 Å². The molecule has 182 valence electrons. The third-order valence-corrected chi connectivity index (χ3v) is 6.08. The normalized spacial score (nSPS) is 16.2. The Morgan fingerprint density at radius 3 is 2.56 bits per heavy atom. The standard InChI is InChI=1S/C25H29F3N4O2/c1-31(16-19(33)17-34-20-5-3-2-4-6-20)15-18-10-13-32(14-11-18)24-21-7-8-23(25(26,27)28)30-22(21)9-12-29-24/h2-9,12,18-19,33H,10-11,13-17H2,1H3. The SMILES string of the molecule is CN(CC(O)COc1ccccc1)CC1CCN(c2nccc3nc(C(F)(F)F)ccc23)CC1. The van der Waals surface area contributed by atoms with E-state index in [9.17, 15) is 18.3 Å². The average molecular weight is 475 g/mol. The fraction of sp³-hybridized carbons (Fsp3) is 0.440. The van der Waals surface area contributed by atoms with Crippen molar-refractivity contribution >= 4 is 16.7 Å². The second kappa shape index (κ2) is 10.6. The number of fused-ring (bicyclic) bond motifs is 1. The van der Waals surface area contributed by atoms with Crippen LogP contribution in [0.15, 0.2) is 54.7 Å². The van der Waals surface area contributed by atoms with Gasteiger partial charge in [0.15, 0.2) is 0 Å². The van der Waals surface area contributed by atoms with Gasteiger partial charge < -0.3 is 19.6 Å². The molecule has 1 atom stereocenters. The quantitative estimate of drug-likeness (QED) is 0.527. The topological polar surface area (TPSA) is 61.7 Å². The number of benzene rings is 1. The number of ether oxygens (including phenoxy) is 1. The van der Waals surface area contributed by atoms with Crippen molar-refractivity contribution in [2.24, 2.45) is 5.92 Å². The third kappa shape index (κ3) is 6.15. The van der Waals surface area contributed by atoms with Gasteiger partial charge in [0.05, 0.1) is 5.52 Å². The van der Waals surface area contributed by atoms with Crippen molar-refractivity contribution in [1.29, 1.82) is 0 Å². The van der Waals surface area contributed by atoms with Crippen LogP contribution < -0.4 is 9.64 Å². The lowest BCUT2D eigenvalue weighted by Crippen LogP contribution is -2.40. The Morgan fingerprint density at radius 2 is 1.85 bits per heavy atom. The molecule has 1 aliphatic heterocycles. The van der Waals surface area contributed by atoms with Gasteiger partial charge in [-0.25, -0.2) is 9.97 Å². The summed E-state index contributed by atoms with van der Waals surface area (Å²) in [5, 5.41) is 10.9. The summed E-state index contributed by atoms with van der Waals surface area (Å²) in [6.07, 6.45) is -1.66. The number of nitrogens with zero attached hydrogens (tertiary/aromatic N) is 4. The number of halogens is 3. The van der Waals surface area contributed by atoms with Gasteiger partial charge in [-0.3, -0.25) is 0 Å². The lowest BCUT2D eigenvalue weighted by molar-refractivity contribution is -0.140. The van der Waals surface area contributed by atoms with Gasteiger partial charge in [-0.15, -0.1) is 0 Å². The number of hydrogen-bond acceptors (Lipinski definition) is 6. The summed E-state index contributed by atoms with van der Waals surface area (Å²) in [7, 11) is 1.99. The van der Waals surface area contributed by atoms with Gasteiger partial charge in [0.2, 0.25) is 0 Å². The number of hydrogen-bond donors (Lipinski definition) is 1. The number of alkyl halides is 3. The van der Waals surface area contributed by atoms with Gasteiger partial charge in [0.25, 0.3) is 0 Å². The van der Waals surface area contributed by atoms with Crippen molar-refractivity contribution in [1.82, 2.24) is 14.9 Å². The van der Waals surface area contributed by atoms with Gasteiger partial charge >= 0.3 is 6.18 Å². The van der Waals surface area contributed by atoms with E-state index in [1.165, 1.54) is 18.3 Å².